The topological polar surface area (TPSA) is 16.4 Å². The van der Waals surface area contributed by atoms with E-state index in [1.54, 1.807) is 11.1 Å². The first-order valence-electron chi connectivity index (χ1n) is 17.9. The smallest absolute Gasteiger partial charge is 0.137 e. The quantitative estimate of drug-likeness (QED) is 0.195. The second-order valence-corrected chi connectivity index (χ2v) is 14.9. The summed E-state index contributed by atoms with van der Waals surface area (Å²) in [6.45, 7) is 0. The van der Waals surface area contributed by atoms with Crippen LogP contribution in [0.25, 0.3) is 44.2 Å². The molecule has 0 amide bonds. The van der Waals surface area contributed by atoms with Crippen LogP contribution in [0.15, 0.2) is 144 Å². The maximum atomic E-state index is 6.40. The molecule has 0 N–H and O–H groups in total. The number of furan rings is 1. The molecule has 1 aromatic heterocycles. The van der Waals surface area contributed by atoms with Gasteiger partial charge in [-0.3, -0.25) is 0 Å². The summed E-state index contributed by atoms with van der Waals surface area (Å²) in [4.78, 5) is 2.42. The predicted molar refractivity (Wildman–Crippen MR) is 197 cm³/mol. The third-order valence-corrected chi connectivity index (χ3v) is 12.6. The summed E-state index contributed by atoms with van der Waals surface area (Å²) in [5, 5.41) is 2.32. The maximum Gasteiger partial charge on any atom is 0.137 e. The van der Waals surface area contributed by atoms with Crippen molar-refractivity contribution in [3.8, 4) is 22.3 Å². The minimum absolute atomic E-state index is 0.117. The number of fused-ring (bicyclic) bond motifs is 6. The van der Waals surface area contributed by atoms with Gasteiger partial charge in [0, 0.05) is 39.3 Å². The van der Waals surface area contributed by atoms with Crippen molar-refractivity contribution in [3.63, 3.8) is 0 Å². The maximum absolute atomic E-state index is 6.40. The van der Waals surface area contributed by atoms with Gasteiger partial charge < -0.3 is 9.32 Å². The molecule has 6 aromatic carbocycles. The van der Waals surface area contributed by atoms with Gasteiger partial charge in [-0.15, -0.1) is 0 Å². The zero-order valence-corrected chi connectivity index (χ0v) is 27.0. The highest BCUT2D eigenvalue weighted by molar-refractivity contribution is 6.06. The van der Waals surface area contributed by atoms with Gasteiger partial charge in [-0.2, -0.15) is 0 Å². The second kappa shape index (κ2) is 9.97. The van der Waals surface area contributed by atoms with Crippen molar-refractivity contribution < 1.29 is 4.42 Å². The highest BCUT2D eigenvalue weighted by atomic mass is 16.3. The molecule has 48 heavy (non-hydrogen) atoms. The Hall–Kier alpha value is -5.08. The molecule has 0 aliphatic heterocycles. The fraction of sp³-hybridized carbons (Fsp3) is 0.217. The molecule has 7 aromatic rings. The lowest BCUT2D eigenvalue weighted by atomic mass is 9.43. The van der Waals surface area contributed by atoms with Crippen molar-refractivity contribution in [2.45, 2.75) is 37.5 Å². The van der Waals surface area contributed by atoms with Gasteiger partial charge in [-0.05, 0) is 132 Å². The largest absolute Gasteiger partial charge is 0.456 e. The Morgan fingerprint density at radius 1 is 0.479 bits per heavy atom. The van der Waals surface area contributed by atoms with Gasteiger partial charge in [0.2, 0.25) is 0 Å². The van der Waals surface area contributed by atoms with Crippen molar-refractivity contribution in [2.24, 2.45) is 23.7 Å². The van der Waals surface area contributed by atoms with Crippen molar-refractivity contribution in [3.05, 3.63) is 151 Å². The standard InChI is InChI=1S/C46H37NO/c1-3-10-31(11-4-1)37-15-9-16-42-45(37)40-27-35(19-21-41(40)46(42)32-23-29-22-30(25-32)26-33(46)24-29)47(34-12-5-2-6-13-34)36-18-20-39-38-14-7-8-17-43(38)48-44(39)28-36/h1-21,27-30,32-33H,22-26H2. The molecule has 0 unspecified atom stereocenters. The van der Waals surface area contributed by atoms with Crippen LogP contribution >= 0.6 is 0 Å². The van der Waals surface area contributed by atoms with Gasteiger partial charge in [0.15, 0.2) is 0 Å². The van der Waals surface area contributed by atoms with E-state index in [0.29, 0.717) is 0 Å². The van der Waals surface area contributed by atoms with Gasteiger partial charge >= 0.3 is 0 Å². The van der Waals surface area contributed by atoms with Crippen molar-refractivity contribution >= 4 is 39.0 Å². The molecule has 5 aliphatic carbocycles. The fourth-order valence-corrected chi connectivity index (χ4v) is 11.1. The van der Waals surface area contributed by atoms with Crippen LogP contribution in [0.2, 0.25) is 0 Å². The molecular weight excluding hydrogens is 583 g/mol. The Morgan fingerprint density at radius 3 is 1.94 bits per heavy atom. The van der Waals surface area contributed by atoms with Gasteiger partial charge in [0.25, 0.3) is 0 Å². The molecule has 2 heteroatoms. The molecule has 5 aliphatic rings. The van der Waals surface area contributed by atoms with Crippen LogP contribution in [0.5, 0.6) is 0 Å². The van der Waals surface area contributed by atoms with Crippen LogP contribution in [0.3, 0.4) is 0 Å². The normalized spacial score (nSPS) is 24.8. The SMILES string of the molecule is c1ccc(-c2cccc3c2-c2cc(N(c4ccccc4)c4ccc5c(c4)oc4ccccc45)ccc2C32C3CC4CC(C3)CC2C4)cc1. The van der Waals surface area contributed by atoms with E-state index in [0.717, 1.165) is 57.0 Å². The molecule has 0 radical (unpaired) electrons. The van der Waals surface area contributed by atoms with E-state index in [4.69, 9.17) is 4.42 Å². The molecule has 2 nitrogen and oxygen atoms in total. The lowest BCUT2D eigenvalue weighted by Crippen LogP contribution is -2.55. The average Bonchev–Trinajstić information content (AvgIpc) is 3.64. The van der Waals surface area contributed by atoms with Gasteiger partial charge in [0.1, 0.15) is 11.2 Å². The minimum atomic E-state index is 0.117. The lowest BCUT2D eigenvalue weighted by molar-refractivity contribution is -0.0399. The van der Waals surface area contributed by atoms with Crippen LogP contribution < -0.4 is 4.90 Å². The lowest BCUT2D eigenvalue weighted by Gasteiger charge is -2.61. The highest BCUT2D eigenvalue weighted by Gasteiger charge is 2.61. The number of nitrogens with zero attached hydrogens (tertiary/aromatic N) is 1. The van der Waals surface area contributed by atoms with E-state index in [-0.39, 0.29) is 5.41 Å². The first-order chi connectivity index (χ1) is 23.8. The zero-order chi connectivity index (χ0) is 31.4. The summed E-state index contributed by atoms with van der Waals surface area (Å²) in [6, 6.07) is 51.7. The summed E-state index contributed by atoms with van der Waals surface area (Å²) in [5.74, 6) is 3.30. The Labute approximate surface area is 281 Å². The van der Waals surface area contributed by atoms with Crippen LogP contribution in [0, 0.1) is 23.7 Å². The van der Waals surface area contributed by atoms with E-state index in [1.807, 2.05) is 6.07 Å². The number of benzene rings is 6. The first-order valence-corrected chi connectivity index (χ1v) is 17.9. The molecule has 232 valence electrons. The van der Waals surface area contributed by atoms with E-state index in [1.165, 1.54) is 60.0 Å². The molecule has 1 spiro atoms. The number of hydrogen-bond donors (Lipinski definition) is 0. The van der Waals surface area contributed by atoms with Crippen LogP contribution in [0.4, 0.5) is 17.1 Å². The van der Waals surface area contributed by atoms with E-state index < -0.39 is 0 Å². The molecular formula is C46H37NO. The average molecular weight is 620 g/mol. The number of anilines is 3. The van der Waals surface area contributed by atoms with Gasteiger partial charge in [-0.1, -0.05) is 91.0 Å². The third-order valence-electron chi connectivity index (χ3n) is 12.6. The summed E-state index contributed by atoms with van der Waals surface area (Å²) in [6.07, 6.45) is 7.01. The fourth-order valence-electron chi connectivity index (χ4n) is 11.1. The highest BCUT2D eigenvalue weighted by Crippen LogP contribution is 2.70. The Balaban J connectivity index is 1.15. The van der Waals surface area contributed by atoms with Crippen LogP contribution in [0.1, 0.15) is 43.2 Å². The molecule has 0 saturated heterocycles. The van der Waals surface area contributed by atoms with Crippen molar-refractivity contribution in [1.29, 1.82) is 0 Å². The molecule has 0 atom stereocenters. The zero-order valence-electron chi connectivity index (χ0n) is 27.0. The Morgan fingerprint density at radius 2 is 1.15 bits per heavy atom. The minimum Gasteiger partial charge on any atom is -0.456 e. The Bertz CT molecular complexity index is 2340. The summed E-state index contributed by atoms with van der Waals surface area (Å²) in [5.41, 5.74) is 14.1. The van der Waals surface area contributed by atoms with Crippen LogP contribution in [-0.4, -0.2) is 0 Å². The van der Waals surface area contributed by atoms with Crippen molar-refractivity contribution in [2.75, 3.05) is 4.90 Å². The monoisotopic (exact) mass is 619 g/mol. The van der Waals surface area contributed by atoms with Gasteiger partial charge in [-0.25, -0.2) is 0 Å². The first kappa shape index (κ1) is 26.9. The third kappa shape index (κ3) is 3.64. The second-order valence-electron chi connectivity index (χ2n) is 14.9. The number of hydrogen-bond acceptors (Lipinski definition) is 2. The summed E-state index contributed by atoms with van der Waals surface area (Å²) < 4.78 is 6.40. The van der Waals surface area contributed by atoms with E-state index >= 15 is 0 Å². The predicted octanol–water partition coefficient (Wildman–Crippen LogP) is 12.4. The van der Waals surface area contributed by atoms with Crippen molar-refractivity contribution in [1.82, 2.24) is 0 Å². The number of para-hydroxylation sites is 2. The van der Waals surface area contributed by atoms with Crippen LogP contribution in [-0.2, 0) is 5.41 Å². The Kier molecular flexibility index (Phi) is 5.59. The molecule has 12 rings (SSSR count). The molecule has 4 saturated carbocycles. The van der Waals surface area contributed by atoms with Gasteiger partial charge in [0.05, 0.1) is 0 Å². The summed E-state index contributed by atoms with van der Waals surface area (Å²) in [7, 11) is 0. The molecule has 4 bridgehead atoms. The summed E-state index contributed by atoms with van der Waals surface area (Å²) >= 11 is 0. The molecule has 1 heterocycles. The van der Waals surface area contributed by atoms with E-state index in [2.05, 4.69) is 138 Å². The van der Waals surface area contributed by atoms with E-state index in [9.17, 15) is 0 Å². The number of rotatable bonds is 4. The molecule has 4 fully saturated rings.